The summed E-state index contributed by atoms with van der Waals surface area (Å²) in [7, 11) is 0. The number of hydrogen-bond acceptors (Lipinski definition) is 5. The van der Waals surface area contributed by atoms with E-state index in [2.05, 4.69) is 39.8 Å². The summed E-state index contributed by atoms with van der Waals surface area (Å²) in [4.78, 5) is 37.6. The average Bonchev–Trinajstić information content (AvgIpc) is 2.74. The van der Waals surface area contributed by atoms with Gasteiger partial charge in [0.05, 0.1) is 12.1 Å². The van der Waals surface area contributed by atoms with Crippen molar-refractivity contribution in [2.45, 2.75) is 64.8 Å². The van der Waals surface area contributed by atoms with Crippen LogP contribution in [-0.2, 0) is 31.6 Å². The minimum absolute atomic E-state index is 0.0192. The molecular formula is C26H31NO5. The lowest BCUT2D eigenvalue weighted by Gasteiger charge is -2.42. The first-order valence-electron chi connectivity index (χ1n) is 10.8. The van der Waals surface area contributed by atoms with Crippen molar-refractivity contribution in [3.8, 4) is 0 Å². The van der Waals surface area contributed by atoms with E-state index in [-0.39, 0.29) is 29.7 Å². The molecule has 6 heteroatoms. The fraction of sp³-hybridized carbons (Fsp3) is 0.423. The predicted octanol–water partition coefficient (Wildman–Crippen LogP) is 5.34. The van der Waals surface area contributed by atoms with Crippen LogP contribution in [0.4, 0.5) is 4.79 Å². The monoisotopic (exact) mass is 437 g/mol. The molecule has 0 spiro atoms. The second-order valence-electron chi connectivity index (χ2n) is 9.63. The molecule has 6 nitrogen and oxygen atoms in total. The van der Waals surface area contributed by atoms with Crippen LogP contribution in [0.5, 0.6) is 0 Å². The van der Waals surface area contributed by atoms with E-state index in [0.29, 0.717) is 0 Å². The maximum atomic E-state index is 12.8. The summed E-state index contributed by atoms with van der Waals surface area (Å²) in [6, 6.07) is 14.5. The van der Waals surface area contributed by atoms with Crippen LogP contribution in [0.25, 0.3) is 0 Å². The molecule has 3 rings (SSSR count). The number of esters is 2. The Morgan fingerprint density at radius 3 is 2.16 bits per heavy atom. The highest BCUT2D eigenvalue weighted by Gasteiger charge is 2.37. The molecule has 0 atom stereocenters. The van der Waals surface area contributed by atoms with E-state index in [9.17, 15) is 14.4 Å². The van der Waals surface area contributed by atoms with Crippen LogP contribution in [0.3, 0.4) is 0 Å². The Morgan fingerprint density at radius 1 is 0.906 bits per heavy atom. The second kappa shape index (κ2) is 9.15. The van der Waals surface area contributed by atoms with Gasteiger partial charge in [0.15, 0.2) is 6.73 Å². The normalized spacial score (nSPS) is 15.9. The smallest absolute Gasteiger partial charge is 0.420 e. The number of ether oxygens (including phenoxy) is 2. The van der Waals surface area contributed by atoms with E-state index >= 15 is 0 Å². The highest BCUT2D eigenvalue weighted by atomic mass is 16.6. The highest BCUT2D eigenvalue weighted by molar-refractivity contribution is 5.96. The Morgan fingerprint density at radius 2 is 1.53 bits per heavy atom. The number of fused-ring (bicyclic) bond motifs is 1. The van der Waals surface area contributed by atoms with Crippen molar-refractivity contribution in [1.82, 2.24) is 4.90 Å². The molecule has 32 heavy (non-hydrogen) atoms. The summed E-state index contributed by atoms with van der Waals surface area (Å²) in [6.45, 7) is 10.1. The van der Waals surface area contributed by atoms with Crippen LogP contribution in [0.2, 0.25) is 0 Å². The third kappa shape index (κ3) is 5.36. The van der Waals surface area contributed by atoms with Crippen molar-refractivity contribution in [1.29, 1.82) is 0 Å². The maximum absolute atomic E-state index is 12.8. The number of amides is 1. The molecule has 0 heterocycles. The molecule has 0 bridgehead atoms. The number of carbonyl (C=O) groups is 3. The lowest BCUT2D eigenvalue weighted by molar-refractivity contribution is -0.144. The largest absolute Gasteiger partial charge is 0.444 e. The third-order valence-electron chi connectivity index (χ3n) is 6.16. The number of benzene rings is 2. The first kappa shape index (κ1) is 23.5. The number of carbonyl (C=O) groups excluding carboxylic acids is 3. The molecule has 0 saturated carbocycles. The van der Waals surface area contributed by atoms with Gasteiger partial charge < -0.3 is 9.47 Å². The molecular weight excluding hydrogens is 406 g/mol. The van der Waals surface area contributed by atoms with E-state index in [1.165, 1.54) is 23.0 Å². The van der Waals surface area contributed by atoms with Gasteiger partial charge in [-0.15, -0.1) is 0 Å². The minimum Gasteiger partial charge on any atom is -0.444 e. The molecule has 1 aliphatic carbocycles. The summed E-state index contributed by atoms with van der Waals surface area (Å²) >= 11 is 0. The zero-order chi connectivity index (χ0) is 23.5. The third-order valence-corrected chi connectivity index (χ3v) is 6.16. The van der Waals surface area contributed by atoms with Gasteiger partial charge in [0, 0.05) is 6.92 Å². The van der Waals surface area contributed by atoms with Crippen molar-refractivity contribution in [3.05, 3.63) is 70.8 Å². The van der Waals surface area contributed by atoms with E-state index in [4.69, 9.17) is 9.47 Å². The van der Waals surface area contributed by atoms with Gasteiger partial charge in [0.2, 0.25) is 0 Å². The summed E-state index contributed by atoms with van der Waals surface area (Å²) in [6.07, 6.45) is 1.32. The van der Waals surface area contributed by atoms with Gasteiger partial charge in [-0.25, -0.2) is 9.59 Å². The van der Waals surface area contributed by atoms with E-state index in [1.54, 1.807) is 30.3 Å². The SMILES string of the molecule is CC(=O)OCN(Cc1ccc2c(c1)C(C)(C)CCC2(C)C)C(=O)OC(=O)c1ccccc1. The molecule has 1 amide bonds. The van der Waals surface area contributed by atoms with Gasteiger partial charge in [-0.3, -0.25) is 9.69 Å². The van der Waals surface area contributed by atoms with Crippen LogP contribution in [0, 0.1) is 0 Å². The average molecular weight is 438 g/mol. The standard InChI is InChI=1S/C26H31NO5/c1-18(28)31-17-27(24(30)32-23(29)20-9-7-6-8-10-20)16-19-11-12-21-22(15-19)26(4,5)14-13-25(21,2)3/h6-12,15H,13-14,16-17H2,1-5H3. The summed E-state index contributed by atoms with van der Waals surface area (Å²) in [5.74, 6) is -1.28. The fourth-order valence-corrected chi connectivity index (χ4v) is 4.06. The molecule has 2 aromatic rings. The number of hydrogen-bond donors (Lipinski definition) is 0. The van der Waals surface area contributed by atoms with Crippen LogP contribution in [0.1, 0.15) is 74.5 Å². The predicted molar refractivity (Wildman–Crippen MR) is 121 cm³/mol. The van der Waals surface area contributed by atoms with Gasteiger partial charge in [-0.05, 0) is 52.5 Å². The molecule has 170 valence electrons. The minimum atomic E-state index is -0.864. The van der Waals surface area contributed by atoms with E-state index < -0.39 is 18.0 Å². The van der Waals surface area contributed by atoms with Gasteiger partial charge in [-0.2, -0.15) is 0 Å². The number of rotatable bonds is 5. The molecule has 0 aromatic heterocycles. The van der Waals surface area contributed by atoms with Crippen LogP contribution in [0.15, 0.2) is 48.5 Å². The Labute approximate surface area is 189 Å². The van der Waals surface area contributed by atoms with E-state index in [0.717, 1.165) is 18.4 Å². The van der Waals surface area contributed by atoms with Crippen molar-refractivity contribution in [3.63, 3.8) is 0 Å². The fourth-order valence-electron chi connectivity index (χ4n) is 4.06. The van der Waals surface area contributed by atoms with Crippen LogP contribution in [-0.4, -0.2) is 29.7 Å². The van der Waals surface area contributed by atoms with Gasteiger partial charge >= 0.3 is 18.0 Å². The topological polar surface area (TPSA) is 72.9 Å². The molecule has 0 aliphatic heterocycles. The first-order chi connectivity index (χ1) is 15.0. The van der Waals surface area contributed by atoms with Crippen molar-refractivity contribution >= 4 is 18.0 Å². The Bertz CT molecular complexity index is 1010. The molecule has 2 aromatic carbocycles. The summed E-state index contributed by atoms with van der Waals surface area (Å²) < 4.78 is 10.1. The summed E-state index contributed by atoms with van der Waals surface area (Å²) in [5, 5.41) is 0. The molecule has 0 fully saturated rings. The highest BCUT2D eigenvalue weighted by Crippen LogP contribution is 2.45. The summed E-state index contributed by atoms with van der Waals surface area (Å²) in [5.41, 5.74) is 3.82. The van der Waals surface area contributed by atoms with Crippen molar-refractivity contribution in [2.75, 3.05) is 6.73 Å². The Kier molecular flexibility index (Phi) is 6.72. The second-order valence-corrected chi connectivity index (χ2v) is 9.63. The lowest BCUT2D eigenvalue weighted by Crippen LogP contribution is -2.36. The Balaban J connectivity index is 1.83. The molecule has 1 aliphatic rings. The quantitative estimate of drug-likeness (QED) is 0.359. The van der Waals surface area contributed by atoms with Gasteiger partial charge in [-0.1, -0.05) is 64.1 Å². The van der Waals surface area contributed by atoms with E-state index in [1.807, 2.05) is 6.07 Å². The molecule has 0 saturated heterocycles. The van der Waals surface area contributed by atoms with Gasteiger partial charge in [0.1, 0.15) is 0 Å². The van der Waals surface area contributed by atoms with Crippen LogP contribution >= 0.6 is 0 Å². The molecule has 0 radical (unpaired) electrons. The zero-order valence-corrected chi connectivity index (χ0v) is 19.4. The van der Waals surface area contributed by atoms with Crippen molar-refractivity contribution < 1.29 is 23.9 Å². The lowest BCUT2D eigenvalue weighted by atomic mass is 9.63. The maximum Gasteiger partial charge on any atom is 0.420 e. The first-order valence-corrected chi connectivity index (χ1v) is 10.8. The van der Waals surface area contributed by atoms with Crippen molar-refractivity contribution in [2.24, 2.45) is 0 Å². The molecule has 0 N–H and O–H groups in total. The zero-order valence-electron chi connectivity index (χ0n) is 19.4. The van der Waals surface area contributed by atoms with Crippen LogP contribution < -0.4 is 0 Å². The Hall–Kier alpha value is -3.15. The van der Waals surface area contributed by atoms with Gasteiger partial charge in [0.25, 0.3) is 0 Å². The number of nitrogens with zero attached hydrogens (tertiary/aromatic N) is 1. The molecule has 0 unspecified atom stereocenters.